The molecular formula is C27H32Cl2FN3O3. The van der Waals surface area contributed by atoms with Gasteiger partial charge in [0.1, 0.15) is 11.2 Å². The number of amides is 2. The fourth-order valence-electron chi connectivity index (χ4n) is 5.18. The Kier molecular flexibility index (Phi) is 8.89. The van der Waals surface area contributed by atoms with E-state index in [1.807, 2.05) is 20.8 Å². The molecule has 9 heteroatoms. The number of aliphatic hydroxyl groups is 2. The molecule has 2 aromatic rings. The van der Waals surface area contributed by atoms with Crippen LogP contribution in [0.2, 0.25) is 10.0 Å². The van der Waals surface area contributed by atoms with Crippen molar-refractivity contribution in [2.75, 3.05) is 19.7 Å². The van der Waals surface area contributed by atoms with Gasteiger partial charge in [-0.15, -0.1) is 0 Å². The fourth-order valence-corrected chi connectivity index (χ4v) is 5.54. The molecule has 0 radical (unpaired) electrons. The van der Waals surface area contributed by atoms with E-state index < -0.39 is 41.9 Å². The third-order valence-corrected chi connectivity index (χ3v) is 7.08. The number of nitrogens with one attached hydrogen (secondary N) is 1. The summed E-state index contributed by atoms with van der Waals surface area (Å²) in [7, 11) is 0. The van der Waals surface area contributed by atoms with Crippen LogP contribution in [0.1, 0.15) is 50.8 Å². The average Bonchev–Trinajstić information content (AvgIpc) is 3.12. The Morgan fingerprint density at radius 3 is 2.56 bits per heavy atom. The summed E-state index contributed by atoms with van der Waals surface area (Å²) < 4.78 is 15.5. The molecule has 1 aliphatic rings. The van der Waals surface area contributed by atoms with Gasteiger partial charge in [-0.05, 0) is 48.1 Å². The van der Waals surface area contributed by atoms with E-state index in [4.69, 9.17) is 28.3 Å². The minimum atomic E-state index is -1.42. The van der Waals surface area contributed by atoms with Gasteiger partial charge in [-0.25, -0.2) is 9.18 Å². The lowest BCUT2D eigenvalue weighted by Gasteiger charge is -2.38. The molecule has 0 saturated carbocycles. The molecular weight excluding hydrogens is 504 g/mol. The van der Waals surface area contributed by atoms with E-state index in [0.717, 1.165) is 0 Å². The van der Waals surface area contributed by atoms with Gasteiger partial charge >= 0.3 is 6.03 Å². The third kappa shape index (κ3) is 5.95. The van der Waals surface area contributed by atoms with E-state index in [2.05, 4.69) is 11.4 Å². The molecule has 3 rings (SSSR count). The molecule has 1 heterocycles. The molecule has 2 aromatic carbocycles. The van der Waals surface area contributed by atoms with Gasteiger partial charge in [0.2, 0.25) is 0 Å². The van der Waals surface area contributed by atoms with Crippen LogP contribution in [0.5, 0.6) is 0 Å². The zero-order chi connectivity index (χ0) is 26.7. The number of hydrogen-bond acceptors (Lipinski definition) is 4. The van der Waals surface area contributed by atoms with Crippen molar-refractivity contribution in [2.24, 2.45) is 11.3 Å². The summed E-state index contributed by atoms with van der Waals surface area (Å²) in [5, 5.41) is 33.0. The predicted molar refractivity (Wildman–Crippen MR) is 138 cm³/mol. The lowest BCUT2D eigenvalue weighted by atomic mass is 9.63. The molecule has 0 aromatic heterocycles. The predicted octanol–water partition coefficient (Wildman–Crippen LogP) is 5.46. The van der Waals surface area contributed by atoms with Crippen LogP contribution in [-0.4, -0.2) is 46.9 Å². The average molecular weight is 536 g/mol. The standard InChI is InChI=1S/C27H32Cl2FN3O3/c1-26(2,3)13-18-14-33(25(36)32-10-9-21(35)15-34)24(17-5-4-6-19(28)11-17)27(18,16-31)22-8-7-20(29)12-23(22)30/h4-8,11-12,18,21,24,34-35H,9-10,13-15H2,1-3H3,(H,32,36)/t18-,21+,24-,27?/m1/s1. The second-order valence-electron chi connectivity index (χ2n) is 10.5. The van der Waals surface area contributed by atoms with Gasteiger partial charge in [0.15, 0.2) is 0 Å². The quantitative estimate of drug-likeness (QED) is 0.438. The molecule has 2 amide bonds. The minimum absolute atomic E-state index is 0.123. The Balaban J connectivity index is 2.19. The van der Waals surface area contributed by atoms with Crippen LogP contribution < -0.4 is 5.32 Å². The number of rotatable bonds is 7. The van der Waals surface area contributed by atoms with Crippen molar-refractivity contribution in [3.8, 4) is 6.07 Å². The van der Waals surface area contributed by atoms with Crippen LogP contribution in [0.25, 0.3) is 0 Å². The summed E-state index contributed by atoms with van der Waals surface area (Å²) in [6.07, 6.45) is -0.242. The van der Waals surface area contributed by atoms with Crippen molar-refractivity contribution in [3.05, 3.63) is 69.5 Å². The lowest BCUT2D eigenvalue weighted by molar-refractivity contribution is 0.0881. The minimum Gasteiger partial charge on any atom is -0.394 e. The van der Waals surface area contributed by atoms with Crippen LogP contribution >= 0.6 is 23.2 Å². The summed E-state index contributed by atoms with van der Waals surface area (Å²) in [6, 6.07) is 12.4. The molecule has 4 atom stereocenters. The summed E-state index contributed by atoms with van der Waals surface area (Å²) >= 11 is 12.4. The molecule has 0 aliphatic carbocycles. The van der Waals surface area contributed by atoms with Crippen LogP contribution in [0, 0.1) is 28.5 Å². The third-order valence-electron chi connectivity index (χ3n) is 6.61. The number of carbonyl (C=O) groups is 1. The number of aliphatic hydroxyl groups excluding tert-OH is 2. The summed E-state index contributed by atoms with van der Waals surface area (Å²) in [5.74, 6) is -1.01. The first-order valence-corrected chi connectivity index (χ1v) is 12.6. The van der Waals surface area contributed by atoms with Gasteiger partial charge in [-0.1, -0.05) is 62.2 Å². The van der Waals surface area contributed by atoms with Crippen LogP contribution in [-0.2, 0) is 5.41 Å². The van der Waals surface area contributed by atoms with Crippen molar-refractivity contribution in [1.29, 1.82) is 5.26 Å². The first kappa shape index (κ1) is 28.2. The zero-order valence-corrected chi connectivity index (χ0v) is 22.2. The monoisotopic (exact) mass is 535 g/mol. The maximum Gasteiger partial charge on any atom is 0.317 e. The Morgan fingerprint density at radius 2 is 1.97 bits per heavy atom. The maximum absolute atomic E-state index is 15.5. The van der Waals surface area contributed by atoms with E-state index in [9.17, 15) is 15.2 Å². The number of benzene rings is 2. The van der Waals surface area contributed by atoms with Crippen LogP contribution in [0.3, 0.4) is 0 Å². The van der Waals surface area contributed by atoms with E-state index in [0.29, 0.717) is 17.0 Å². The lowest BCUT2D eigenvalue weighted by Crippen LogP contribution is -2.44. The van der Waals surface area contributed by atoms with Gasteiger partial charge in [0, 0.05) is 34.6 Å². The van der Waals surface area contributed by atoms with Crippen molar-refractivity contribution in [3.63, 3.8) is 0 Å². The number of hydrogen-bond donors (Lipinski definition) is 3. The highest BCUT2D eigenvalue weighted by atomic mass is 35.5. The van der Waals surface area contributed by atoms with E-state index in [-0.39, 0.29) is 35.5 Å². The highest BCUT2D eigenvalue weighted by Gasteiger charge is 2.59. The number of nitrogens with zero attached hydrogens (tertiary/aromatic N) is 2. The second kappa shape index (κ2) is 11.4. The Morgan fingerprint density at radius 1 is 1.28 bits per heavy atom. The van der Waals surface area contributed by atoms with Crippen molar-refractivity contribution >= 4 is 29.2 Å². The van der Waals surface area contributed by atoms with Crippen molar-refractivity contribution in [1.82, 2.24) is 10.2 Å². The van der Waals surface area contributed by atoms with Gasteiger partial charge in [-0.3, -0.25) is 0 Å². The normalized spacial score (nSPS) is 22.8. The van der Waals surface area contributed by atoms with Crippen molar-refractivity contribution < 1.29 is 19.4 Å². The molecule has 36 heavy (non-hydrogen) atoms. The Bertz CT molecular complexity index is 1130. The number of likely N-dealkylation sites (tertiary alicyclic amines) is 1. The van der Waals surface area contributed by atoms with E-state index >= 15 is 4.39 Å². The number of urea groups is 1. The SMILES string of the molecule is CC(C)(C)C[C@@H]1CN(C(=O)NCC[C@H](O)CO)[C@H](c2cccc(Cl)c2)C1(C#N)c1ccc(Cl)cc1F. The summed E-state index contributed by atoms with van der Waals surface area (Å²) in [5.41, 5.74) is -0.846. The molecule has 1 fully saturated rings. The number of nitriles is 1. The molecule has 1 saturated heterocycles. The molecule has 0 spiro atoms. The zero-order valence-electron chi connectivity index (χ0n) is 20.6. The summed E-state index contributed by atoms with van der Waals surface area (Å²) in [6.45, 7) is 6.05. The Hall–Kier alpha value is -2.37. The molecule has 1 aliphatic heterocycles. The topological polar surface area (TPSA) is 96.6 Å². The fraction of sp³-hybridized carbons (Fsp3) is 0.481. The molecule has 1 unspecified atom stereocenters. The molecule has 0 bridgehead atoms. The first-order chi connectivity index (χ1) is 16.9. The second-order valence-corrected chi connectivity index (χ2v) is 11.4. The van der Waals surface area contributed by atoms with E-state index in [1.165, 1.54) is 12.1 Å². The smallest absolute Gasteiger partial charge is 0.317 e. The highest BCUT2D eigenvalue weighted by molar-refractivity contribution is 6.30. The van der Waals surface area contributed by atoms with Crippen LogP contribution in [0.4, 0.5) is 9.18 Å². The first-order valence-electron chi connectivity index (χ1n) is 11.9. The van der Waals surface area contributed by atoms with Gasteiger partial charge in [-0.2, -0.15) is 5.26 Å². The maximum atomic E-state index is 15.5. The van der Waals surface area contributed by atoms with Crippen molar-refractivity contribution in [2.45, 2.75) is 51.2 Å². The largest absolute Gasteiger partial charge is 0.394 e. The van der Waals surface area contributed by atoms with Crippen LogP contribution in [0.15, 0.2) is 42.5 Å². The van der Waals surface area contributed by atoms with Gasteiger partial charge < -0.3 is 20.4 Å². The number of carbonyl (C=O) groups excluding carboxylic acids is 1. The molecule has 6 nitrogen and oxygen atoms in total. The van der Waals surface area contributed by atoms with E-state index in [1.54, 1.807) is 35.2 Å². The highest BCUT2D eigenvalue weighted by Crippen LogP contribution is 2.55. The number of halogens is 3. The Labute approximate surface area is 221 Å². The summed E-state index contributed by atoms with van der Waals surface area (Å²) in [4.78, 5) is 15.0. The van der Waals surface area contributed by atoms with Gasteiger partial charge in [0.25, 0.3) is 0 Å². The van der Waals surface area contributed by atoms with Gasteiger partial charge in [0.05, 0.1) is 24.8 Å². The molecule has 3 N–H and O–H groups in total. The molecule has 194 valence electrons.